The van der Waals surface area contributed by atoms with E-state index >= 15 is 0 Å². The Kier molecular flexibility index (Phi) is 6.68. The second-order valence-electron chi connectivity index (χ2n) is 6.10. The van der Waals surface area contributed by atoms with Crippen LogP contribution >= 0.6 is 11.3 Å². The quantitative estimate of drug-likeness (QED) is 0.555. The molecule has 0 unspecified atom stereocenters. The maximum absolute atomic E-state index is 12.2. The van der Waals surface area contributed by atoms with Crippen molar-refractivity contribution in [1.82, 2.24) is 4.98 Å². The molecular weight excluding hydrogens is 419 g/mol. The summed E-state index contributed by atoms with van der Waals surface area (Å²) in [5.74, 6) is -1.17. The van der Waals surface area contributed by atoms with Crippen molar-refractivity contribution in [1.29, 1.82) is 0 Å². The fourth-order valence-corrected chi connectivity index (χ4v) is 3.16. The van der Waals surface area contributed by atoms with Gasteiger partial charge in [-0.05, 0) is 36.2 Å². The first-order chi connectivity index (χ1) is 14.3. The Morgan fingerprint density at radius 3 is 2.37 bits per heavy atom. The van der Waals surface area contributed by atoms with Crippen LogP contribution in [0.3, 0.4) is 0 Å². The average molecular weight is 435 g/mol. The summed E-state index contributed by atoms with van der Waals surface area (Å²) in [5.41, 5.74) is 1.39. The van der Waals surface area contributed by atoms with E-state index in [0.717, 1.165) is 29.0 Å². The van der Waals surface area contributed by atoms with Crippen molar-refractivity contribution in [3.63, 3.8) is 0 Å². The standard InChI is InChI=1S/C20H16F3N3O3S/c21-20(22,23)29-15-9-7-14(8-10-15)24-18(28)16-12-30-19(25-16)26-17(27)11-6-13-4-2-1-3-5-13/h1-5,7-10,12H,6,11H2,(H,24,28)(H,25,26,27). The van der Waals surface area contributed by atoms with Crippen LogP contribution in [-0.4, -0.2) is 23.2 Å². The molecule has 0 aliphatic carbocycles. The van der Waals surface area contributed by atoms with Gasteiger partial charge in [-0.1, -0.05) is 30.3 Å². The number of anilines is 2. The molecule has 2 amide bonds. The van der Waals surface area contributed by atoms with Crippen LogP contribution in [0.4, 0.5) is 24.0 Å². The van der Waals surface area contributed by atoms with Crippen LogP contribution in [0.2, 0.25) is 0 Å². The number of nitrogens with one attached hydrogen (secondary N) is 2. The van der Waals surface area contributed by atoms with Crippen LogP contribution in [-0.2, 0) is 11.2 Å². The van der Waals surface area contributed by atoms with Gasteiger partial charge in [0, 0.05) is 17.5 Å². The van der Waals surface area contributed by atoms with Crippen LogP contribution < -0.4 is 15.4 Å². The molecule has 0 atom stereocenters. The molecule has 30 heavy (non-hydrogen) atoms. The third kappa shape index (κ3) is 6.59. The molecule has 1 aromatic heterocycles. The number of amides is 2. The van der Waals surface area contributed by atoms with Gasteiger partial charge in [-0.2, -0.15) is 0 Å². The molecule has 0 fully saturated rings. The number of rotatable bonds is 7. The van der Waals surface area contributed by atoms with Gasteiger partial charge in [0.15, 0.2) is 5.13 Å². The summed E-state index contributed by atoms with van der Waals surface area (Å²) in [6.45, 7) is 0. The fourth-order valence-electron chi connectivity index (χ4n) is 2.45. The SMILES string of the molecule is O=C(CCc1ccccc1)Nc1nc(C(=O)Nc2ccc(OC(F)(F)F)cc2)cs1. The topological polar surface area (TPSA) is 80.3 Å². The van der Waals surface area contributed by atoms with Crippen molar-refractivity contribution >= 4 is 34.0 Å². The lowest BCUT2D eigenvalue weighted by Gasteiger charge is -2.09. The molecular formula is C20H16F3N3O3S. The summed E-state index contributed by atoms with van der Waals surface area (Å²) >= 11 is 1.10. The zero-order chi connectivity index (χ0) is 21.6. The maximum atomic E-state index is 12.2. The normalized spacial score (nSPS) is 11.0. The van der Waals surface area contributed by atoms with Gasteiger partial charge in [0.05, 0.1) is 0 Å². The second kappa shape index (κ2) is 9.40. The van der Waals surface area contributed by atoms with Crippen molar-refractivity contribution in [2.45, 2.75) is 19.2 Å². The van der Waals surface area contributed by atoms with Crippen LogP contribution in [0.15, 0.2) is 60.0 Å². The number of carbonyl (C=O) groups excluding carboxylic acids is 2. The van der Waals surface area contributed by atoms with E-state index in [2.05, 4.69) is 20.4 Å². The van der Waals surface area contributed by atoms with Crippen molar-refractivity contribution in [3.05, 3.63) is 71.2 Å². The van der Waals surface area contributed by atoms with E-state index in [4.69, 9.17) is 0 Å². The minimum atomic E-state index is -4.78. The summed E-state index contributed by atoms with van der Waals surface area (Å²) in [6.07, 6.45) is -3.93. The molecule has 10 heteroatoms. The molecule has 0 radical (unpaired) electrons. The number of halogens is 3. The maximum Gasteiger partial charge on any atom is 0.573 e. The Labute approximate surface area is 173 Å². The minimum absolute atomic E-state index is 0.0778. The number of aryl methyl sites for hydroxylation is 1. The number of hydrogen-bond acceptors (Lipinski definition) is 5. The van der Waals surface area contributed by atoms with E-state index in [1.807, 2.05) is 30.3 Å². The molecule has 0 aliphatic rings. The largest absolute Gasteiger partial charge is 0.573 e. The van der Waals surface area contributed by atoms with Crippen molar-refractivity contribution in [3.8, 4) is 5.75 Å². The monoisotopic (exact) mass is 435 g/mol. The number of aromatic nitrogens is 1. The van der Waals surface area contributed by atoms with Crippen LogP contribution in [0, 0.1) is 0 Å². The first kappa shape index (κ1) is 21.3. The fraction of sp³-hybridized carbons (Fsp3) is 0.150. The van der Waals surface area contributed by atoms with Crippen molar-refractivity contribution in [2.24, 2.45) is 0 Å². The van der Waals surface area contributed by atoms with Gasteiger partial charge in [-0.15, -0.1) is 24.5 Å². The third-order valence-corrected chi connectivity index (χ3v) is 4.57. The van der Waals surface area contributed by atoms with E-state index in [-0.39, 0.29) is 28.8 Å². The Hall–Kier alpha value is -3.40. The zero-order valence-corrected chi connectivity index (χ0v) is 16.2. The Morgan fingerprint density at radius 1 is 1.00 bits per heavy atom. The molecule has 2 aromatic carbocycles. The van der Waals surface area contributed by atoms with E-state index in [0.29, 0.717) is 6.42 Å². The molecule has 3 aromatic rings. The zero-order valence-electron chi connectivity index (χ0n) is 15.4. The summed E-state index contributed by atoms with van der Waals surface area (Å²) < 4.78 is 40.3. The number of nitrogens with zero attached hydrogens (tertiary/aromatic N) is 1. The summed E-state index contributed by atoms with van der Waals surface area (Å²) in [6, 6.07) is 14.3. The molecule has 156 valence electrons. The second-order valence-corrected chi connectivity index (χ2v) is 6.96. The molecule has 1 heterocycles. The molecule has 0 saturated carbocycles. The average Bonchev–Trinajstić information content (AvgIpc) is 3.16. The van der Waals surface area contributed by atoms with Crippen LogP contribution in [0.25, 0.3) is 0 Å². The van der Waals surface area contributed by atoms with Crippen molar-refractivity contribution in [2.75, 3.05) is 10.6 Å². The lowest BCUT2D eigenvalue weighted by atomic mass is 10.1. The lowest BCUT2D eigenvalue weighted by molar-refractivity contribution is -0.274. The number of thiazole rings is 1. The minimum Gasteiger partial charge on any atom is -0.406 e. The predicted octanol–water partition coefficient (Wildman–Crippen LogP) is 4.87. The number of alkyl halides is 3. The molecule has 2 N–H and O–H groups in total. The summed E-state index contributed by atoms with van der Waals surface area (Å²) in [4.78, 5) is 28.4. The molecule has 0 aliphatic heterocycles. The lowest BCUT2D eigenvalue weighted by Crippen LogP contribution is -2.17. The number of benzene rings is 2. The Morgan fingerprint density at radius 2 is 1.70 bits per heavy atom. The Bertz CT molecular complexity index is 1010. The van der Waals surface area contributed by atoms with E-state index in [1.54, 1.807) is 0 Å². The van der Waals surface area contributed by atoms with Gasteiger partial charge in [0.25, 0.3) is 5.91 Å². The van der Waals surface area contributed by atoms with Gasteiger partial charge < -0.3 is 15.4 Å². The highest BCUT2D eigenvalue weighted by Crippen LogP contribution is 2.24. The highest BCUT2D eigenvalue weighted by molar-refractivity contribution is 7.14. The van der Waals surface area contributed by atoms with E-state index in [9.17, 15) is 22.8 Å². The van der Waals surface area contributed by atoms with E-state index in [1.165, 1.54) is 17.5 Å². The Balaban J connectivity index is 1.51. The molecule has 0 spiro atoms. The number of ether oxygens (including phenoxy) is 1. The van der Waals surface area contributed by atoms with Gasteiger partial charge in [-0.25, -0.2) is 4.98 Å². The van der Waals surface area contributed by atoms with Crippen molar-refractivity contribution < 1.29 is 27.5 Å². The van der Waals surface area contributed by atoms with E-state index < -0.39 is 18.0 Å². The van der Waals surface area contributed by atoms with Gasteiger partial charge in [0.2, 0.25) is 5.91 Å². The summed E-state index contributed by atoms with van der Waals surface area (Å²) in [7, 11) is 0. The van der Waals surface area contributed by atoms with Crippen LogP contribution in [0.1, 0.15) is 22.5 Å². The number of carbonyl (C=O) groups is 2. The molecule has 0 saturated heterocycles. The predicted molar refractivity (Wildman–Crippen MR) is 107 cm³/mol. The first-order valence-electron chi connectivity index (χ1n) is 8.75. The van der Waals surface area contributed by atoms with Gasteiger partial charge >= 0.3 is 6.36 Å². The van der Waals surface area contributed by atoms with Crippen LogP contribution in [0.5, 0.6) is 5.75 Å². The molecule has 6 nitrogen and oxygen atoms in total. The number of hydrogen-bond donors (Lipinski definition) is 2. The first-order valence-corrected chi connectivity index (χ1v) is 9.63. The smallest absolute Gasteiger partial charge is 0.406 e. The molecule has 0 bridgehead atoms. The third-order valence-electron chi connectivity index (χ3n) is 3.81. The summed E-state index contributed by atoms with van der Waals surface area (Å²) in [5, 5.41) is 6.92. The molecule has 3 rings (SSSR count). The van der Waals surface area contributed by atoms with Gasteiger partial charge in [0.1, 0.15) is 11.4 Å². The highest BCUT2D eigenvalue weighted by atomic mass is 32.1. The highest BCUT2D eigenvalue weighted by Gasteiger charge is 2.31. The van der Waals surface area contributed by atoms with Gasteiger partial charge in [-0.3, -0.25) is 9.59 Å².